The van der Waals surface area contributed by atoms with Crippen LogP contribution in [0.1, 0.15) is 0 Å². The van der Waals surface area contributed by atoms with Crippen LogP contribution in [0.3, 0.4) is 0 Å². The Balaban J connectivity index is 1.13. The summed E-state index contributed by atoms with van der Waals surface area (Å²) in [7, 11) is 0. The molecule has 0 amide bonds. The molecule has 0 saturated heterocycles. The molecule has 10 aromatic rings. The van der Waals surface area contributed by atoms with E-state index in [0.717, 1.165) is 0 Å². The third-order valence-corrected chi connectivity index (χ3v) is 17.7. The van der Waals surface area contributed by atoms with Crippen molar-refractivity contribution >= 4 is 145 Å². The molecule has 6 aromatic heterocycles. The van der Waals surface area contributed by atoms with Gasteiger partial charge in [0.15, 0.2) is 0 Å². The van der Waals surface area contributed by atoms with Crippen LogP contribution in [0.2, 0.25) is 0 Å². The van der Waals surface area contributed by atoms with Gasteiger partial charge in [-0.05, 0) is 0 Å². The molecule has 0 nitrogen and oxygen atoms in total. The standard InChI is InChI=1S/C34H16S4Se2/c1-3-7-21-17(5-1)15-35-31(21)29-11-19-9-23-25(13-27(19)39-29)37-34-24-10-20-12-30(40-28(20)14-26(24)38-33(23)34)32-22-8-4-2-6-18(22)16-36-32/h1-16H. The van der Waals surface area contributed by atoms with E-state index in [9.17, 15) is 0 Å². The van der Waals surface area contributed by atoms with Gasteiger partial charge in [0, 0.05) is 0 Å². The Morgan fingerprint density at radius 2 is 0.925 bits per heavy atom. The van der Waals surface area contributed by atoms with Crippen molar-refractivity contribution in [3.05, 3.63) is 95.7 Å². The molecule has 0 radical (unpaired) electrons. The predicted molar refractivity (Wildman–Crippen MR) is 185 cm³/mol. The molecule has 0 atom stereocenters. The van der Waals surface area contributed by atoms with Gasteiger partial charge in [0.25, 0.3) is 0 Å². The molecule has 188 valence electrons. The first-order valence-electron chi connectivity index (χ1n) is 13.0. The van der Waals surface area contributed by atoms with Crippen LogP contribution in [0.25, 0.3) is 89.0 Å². The Morgan fingerprint density at radius 3 is 1.43 bits per heavy atom. The van der Waals surface area contributed by atoms with Crippen molar-refractivity contribution in [3.8, 4) is 18.6 Å². The molecule has 0 fully saturated rings. The number of benzene rings is 4. The summed E-state index contributed by atoms with van der Waals surface area (Å²) in [5, 5.41) is 15.9. The van der Waals surface area contributed by atoms with Gasteiger partial charge in [-0.1, -0.05) is 0 Å². The quantitative estimate of drug-likeness (QED) is 0.157. The Bertz CT molecular complexity index is 2430. The summed E-state index contributed by atoms with van der Waals surface area (Å²) in [6, 6.07) is 32.6. The third kappa shape index (κ3) is 3.28. The number of hydrogen-bond acceptors (Lipinski definition) is 4. The monoisotopic (exact) mass is 712 g/mol. The molecule has 6 heterocycles. The molecule has 0 aliphatic rings. The zero-order chi connectivity index (χ0) is 25.9. The molecule has 40 heavy (non-hydrogen) atoms. The van der Waals surface area contributed by atoms with Gasteiger partial charge in [-0.2, -0.15) is 0 Å². The fourth-order valence-corrected chi connectivity index (χ4v) is 16.2. The van der Waals surface area contributed by atoms with E-state index in [0.29, 0.717) is 29.0 Å². The van der Waals surface area contributed by atoms with E-state index in [-0.39, 0.29) is 0 Å². The maximum absolute atomic E-state index is 2.50. The average molecular weight is 711 g/mol. The Labute approximate surface area is 256 Å². The van der Waals surface area contributed by atoms with Crippen LogP contribution in [0.5, 0.6) is 0 Å². The first-order chi connectivity index (χ1) is 19.8. The summed E-state index contributed by atoms with van der Waals surface area (Å²) >= 11 is 8.51. The minimum absolute atomic E-state index is 0.354. The minimum atomic E-state index is 0.354. The summed E-state index contributed by atoms with van der Waals surface area (Å²) in [5.74, 6) is 0. The van der Waals surface area contributed by atoms with Crippen molar-refractivity contribution in [3.63, 3.8) is 0 Å². The summed E-state index contributed by atoms with van der Waals surface area (Å²) in [4.78, 5) is 2.92. The molecular weight excluding hydrogens is 695 g/mol. The molecule has 0 N–H and O–H groups in total. The van der Waals surface area contributed by atoms with Gasteiger partial charge in [-0.25, -0.2) is 0 Å². The van der Waals surface area contributed by atoms with Gasteiger partial charge in [0.2, 0.25) is 0 Å². The van der Waals surface area contributed by atoms with E-state index in [4.69, 9.17) is 0 Å². The Hall–Kier alpha value is -2.50. The van der Waals surface area contributed by atoms with Crippen LogP contribution in [0.15, 0.2) is 95.7 Å². The van der Waals surface area contributed by atoms with Gasteiger partial charge in [-0.3, -0.25) is 0 Å². The van der Waals surface area contributed by atoms with Crippen molar-refractivity contribution in [1.29, 1.82) is 0 Å². The molecule has 0 aliphatic heterocycles. The number of thiophene rings is 4. The van der Waals surface area contributed by atoms with Crippen molar-refractivity contribution < 1.29 is 0 Å². The maximum atomic E-state index is 2.50. The van der Waals surface area contributed by atoms with Crippen LogP contribution in [0, 0.1) is 0 Å². The van der Waals surface area contributed by atoms with E-state index >= 15 is 0 Å². The first kappa shape index (κ1) is 23.1. The summed E-state index contributed by atoms with van der Waals surface area (Å²) in [6.45, 7) is 0. The normalized spacial score (nSPS) is 12.5. The number of fused-ring (bicyclic) bond motifs is 9. The molecule has 0 spiro atoms. The van der Waals surface area contributed by atoms with Crippen LogP contribution < -0.4 is 0 Å². The van der Waals surface area contributed by atoms with Crippen molar-refractivity contribution in [1.82, 2.24) is 0 Å². The van der Waals surface area contributed by atoms with E-state index in [1.165, 1.54) is 89.0 Å². The van der Waals surface area contributed by atoms with Gasteiger partial charge in [0.05, 0.1) is 0 Å². The number of rotatable bonds is 2. The Kier molecular flexibility index (Phi) is 4.92. The van der Waals surface area contributed by atoms with Crippen LogP contribution in [-0.4, -0.2) is 29.0 Å². The number of hydrogen-bond donors (Lipinski definition) is 0. The fourth-order valence-electron chi connectivity index (χ4n) is 5.92. The van der Waals surface area contributed by atoms with Crippen molar-refractivity contribution in [2.45, 2.75) is 0 Å². The van der Waals surface area contributed by atoms with Crippen LogP contribution >= 0.6 is 45.3 Å². The molecule has 0 bridgehead atoms. The Morgan fingerprint density at radius 1 is 0.450 bits per heavy atom. The van der Waals surface area contributed by atoms with Gasteiger partial charge < -0.3 is 0 Å². The zero-order valence-corrected chi connectivity index (χ0v) is 27.4. The molecule has 0 unspecified atom stereocenters. The van der Waals surface area contributed by atoms with Gasteiger partial charge >= 0.3 is 259 Å². The topological polar surface area (TPSA) is 0 Å². The summed E-state index contributed by atoms with van der Waals surface area (Å²) in [5.41, 5.74) is 0. The molecular formula is C34H16S4Se2. The van der Waals surface area contributed by atoms with Crippen molar-refractivity contribution in [2.75, 3.05) is 0 Å². The van der Waals surface area contributed by atoms with Crippen molar-refractivity contribution in [2.24, 2.45) is 0 Å². The summed E-state index contributed by atoms with van der Waals surface area (Å²) in [6.07, 6.45) is 0. The van der Waals surface area contributed by atoms with E-state index < -0.39 is 0 Å². The van der Waals surface area contributed by atoms with Gasteiger partial charge in [0.1, 0.15) is 0 Å². The predicted octanol–water partition coefficient (Wildman–Crippen LogP) is 11.5. The van der Waals surface area contributed by atoms with Crippen LogP contribution in [-0.2, 0) is 0 Å². The second-order valence-corrected chi connectivity index (χ2v) is 18.6. The average Bonchev–Trinajstić information content (AvgIpc) is 3.80. The van der Waals surface area contributed by atoms with E-state index in [2.05, 4.69) is 95.7 Å². The first-order valence-corrected chi connectivity index (χ1v) is 19.8. The zero-order valence-electron chi connectivity index (χ0n) is 20.7. The molecule has 10 rings (SSSR count). The van der Waals surface area contributed by atoms with Gasteiger partial charge in [-0.15, -0.1) is 0 Å². The third-order valence-electron chi connectivity index (χ3n) is 7.82. The SMILES string of the molecule is c1ccc2c(-c3cc4cc5c(cc4[se]3)sc3c4cc6cc(-c7scc8ccccc78)[se]c6cc4sc53)scc2c1. The second kappa shape index (κ2) is 8.51. The molecule has 4 aromatic carbocycles. The molecule has 6 heteroatoms. The fraction of sp³-hybridized carbons (Fsp3) is 0. The van der Waals surface area contributed by atoms with E-state index in [1.807, 2.05) is 45.3 Å². The van der Waals surface area contributed by atoms with E-state index in [1.54, 1.807) is 0 Å². The molecule has 0 aliphatic carbocycles. The van der Waals surface area contributed by atoms with Crippen LogP contribution in [0.4, 0.5) is 0 Å². The second-order valence-electron chi connectivity index (χ2n) is 10.2. The summed E-state index contributed by atoms with van der Waals surface area (Å²) < 4.78 is 11.9. The molecule has 0 saturated carbocycles.